The minimum absolute atomic E-state index is 0. The summed E-state index contributed by atoms with van der Waals surface area (Å²) in [5.41, 5.74) is 1.24. The second-order valence-electron chi connectivity index (χ2n) is 5.74. The number of rotatable bonds is 3. The standard InChI is InChI=1S/C18H19N3O2.2ClH/c1-2-6-19-18(3-1)21-9-7-20(8-10-21)14-15-4-5-16-17(13-15)23-12-11-22-16;;/h1-6,11-13H,7-10,14H2;2*1H. The molecule has 0 radical (unpaired) electrons. The molecule has 0 amide bonds. The van der Waals surface area contributed by atoms with Crippen LogP contribution in [-0.4, -0.2) is 36.1 Å². The summed E-state index contributed by atoms with van der Waals surface area (Å²) in [6.45, 7) is 5.00. The van der Waals surface area contributed by atoms with Gasteiger partial charge in [0.25, 0.3) is 0 Å². The van der Waals surface area contributed by atoms with Crippen LogP contribution >= 0.6 is 24.8 Å². The maximum atomic E-state index is 5.49. The van der Waals surface area contributed by atoms with Gasteiger partial charge in [0.15, 0.2) is 11.5 Å². The number of ether oxygens (including phenoxy) is 2. The molecule has 1 aromatic heterocycles. The highest BCUT2D eigenvalue weighted by molar-refractivity contribution is 5.85. The first-order chi connectivity index (χ1) is 11.4. The summed E-state index contributed by atoms with van der Waals surface area (Å²) < 4.78 is 10.9. The van der Waals surface area contributed by atoms with Crippen molar-refractivity contribution in [1.29, 1.82) is 0 Å². The fraction of sp³-hybridized carbons (Fsp3) is 0.278. The molecule has 0 atom stereocenters. The van der Waals surface area contributed by atoms with Crippen LogP contribution in [0.1, 0.15) is 5.56 Å². The highest BCUT2D eigenvalue weighted by Crippen LogP contribution is 2.31. The lowest BCUT2D eigenvalue weighted by Gasteiger charge is -2.35. The van der Waals surface area contributed by atoms with Crippen molar-refractivity contribution in [3.8, 4) is 11.5 Å². The number of benzene rings is 1. The molecule has 5 nitrogen and oxygen atoms in total. The molecular weight excluding hydrogens is 361 g/mol. The van der Waals surface area contributed by atoms with Gasteiger partial charge in [0.05, 0.1) is 0 Å². The Labute approximate surface area is 160 Å². The smallest absolute Gasteiger partial charge is 0.169 e. The number of fused-ring (bicyclic) bond motifs is 1. The normalized spacial score (nSPS) is 15.9. The number of aromatic nitrogens is 1. The molecule has 0 bridgehead atoms. The van der Waals surface area contributed by atoms with Crippen molar-refractivity contribution >= 4 is 30.6 Å². The van der Waals surface area contributed by atoms with Gasteiger partial charge in [-0.05, 0) is 29.8 Å². The Morgan fingerprint density at radius 2 is 1.64 bits per heavy atom. The van der Waals surface area contributed by atoms with Gasteiger partial charge in [0, 0.05) is 38.9 Å². The summed E-state index contributed by atoms with van der Waals surface area (Å²) in [5, 5.41) is 0. The predicted molar refractivity (Wildman–Crippen MR) is 103 cm³/mol. The minimum Gasteiger partial charge on any atom is -0.458 e. The van der Waals surface area contributed by atoms with Gasteiger partial charge in [-0.25, -0.2) is 4.98 Å². The van der Waals surface area contributed by atoms with E-state index in [1.807, 2.05) is 24.4 Å². The van der Waals surface area contributed by atoms with E-state index < -0.39 is 0 Å². The van der Waals surface area contributed by atoms with Crippen LogP contribution in [0, 0.1) is 0 Å². The Kier molecular flexibility index (Phi) is 6.93. The molecule has 2 aliphatic rings. The molecule has 0 unspecified atom stereocenters. The summed E-state index contributed by atoms with van der Waals surface area (Å²) in [6, 6.07) is 12.2. The maximum Gasteiger partial charge on any atom is 0.169 e. The molecule has 2 aliphatic heterocycles. The van der Waals surface area contributed by atoms with Crippen molar-refractivity contribution in [3.05, 3.63) is 60.7 Å². The number of nitrogens with zero attached hydrogens (tertiary/aromatic N) is 3. The van der Waals surface area contributed by atoms with Crippen LogP contribution in [0.2, 0.25) is 0 Å². The van der Waals surface area contributed by atoms with Gasteiger partial charge in [0.2, 0.25) is 0 Å². The molecule has 1 saturated heterocycles. The summed E-state index contributed by atoms with van der Waals surface area (Å²) in [4.78, 5) is 9.23. The zero-order valence-corrected chi connectivity index (χ0v) is 15.3. The molecule has 1 aromatic carbocycles. The Hall–Kier alpha value is -1.95. The maximum absolute atomic E-state index is 5.49. The molecule has 1 fully saturated rings. The van der Waals surface area contributed by atoms with Gasteiger partial charge < -0.3 is 14.4 Å². The van der Waals surface area contributed by atoms with Gasteiger partial charge in [-0.2, -0.15) is 0 Å². The minimum atomic E-state index is 0. The zero-order valence-electron chi connectivity index (χ0n) is 13.7. The predicted octanol–water partition coefficient (Wildman–Crippen LogP) is 3.49. The van der Waals surface area contributed by atoms with Gasteiger partial charge >= 0.3 is 0 Å². The van der Waals surface area contributed by atoms with Crippen LogP contribution in [-0.2, 0) is 6.54 Å². The van der Waals surface area contributed by atoms with E-state index in [-0.39, 0.29) is 24.8 Å². The van der Waals surface area contributed by atoms with Gasteiger partial charge in [-0.3, -0.25) is 4.90 Å². The molecule has 0 aliphatic carbocycles. The molecule has 0 spiro atoms. The Morgan fingerprint density at radius 3 is 2.36 bits per heavy atom. The monoisotopic (exact) mass is 381 g/mol. The average molecular weight is 382 g/mol. The van der Waals surface area contributed by atoms with Crippen LogP contribution in [0.5, 0.6) is 11.5 Å². The first kappa shape index (κ1) is 19.4. The summed E-state index contributed by atoms with van der Waals surface area (Å²) in [6.07, 6.45) is 4.97. The Morgan fingerprint density at radius 1 is 0.880 bits per heavy atom. The van der Waals surface area contributed by atoms with E-state index in [2.05, 4.69) is 33.0 Å². The average Bonchev–Trinajstić information content (AvgIpc) is 2.63. The first-order valence-corrected chi connectivity index (χ1v) is 7.88. The second kappa shape index (κ2) is 8.94. The highest BCUT2D eigenvalue weighted by Gasteiger charge is 2.18. The van der Waals surface area contributed by atoms with E-state index in [0.29, 0.717) is 0 Å². The van der Waals surface area contributed by atoms with Crippen LogP contribution in [0.3, 0.4) is 0 Å². The molecule has 2 aromatic rings. The molecular formula is C18H21Cl2N3O2. The topological polar surface area (TPSA) is 37.8 Å². The zero-order chi connectivity index (χ0) is 15.5. The third kappa shape index (κ3) is 4.57. The van der Waals surface area contributed by atoms with Crippen molar-refractivity contribution in [2.75, 3.05) is 31.1 Å². The van der Waals surface area contributed by atoms with E-state index in [9.17, 15) is 0 Å². The fourth-order valence-electron chi connectivity index (χ4n) is 2.98. The fourth-order valence-corrected chi connectivity index (χ4v) is 2.98. The summed E-state index contributed by atoms with van der Waals surface area (Å²) >= 11 is 0. The van der Waals surface area contributed by atoms with Gasteiger partial charge in [-0.15, -0.1) is 24.8 Å². The Balaban J connectivity index is 0.00000113. The third-order valence-electron chi connectivity index (χ3n) is 4.21. The third-order valence-corrected chi connectivity index (χ3v) is 4.21. The number of hydrogen-bond donors (Lipinski definition) is 0. The molecule has 4 rings (SSSR count). The Bertz CT molecular complexity index is 705. The number of hydrogen-bond acceptors (Lipinski definition) is 5. The van der Waals surface area contributed by atoms with Gasteiger partial charge in [0.1, 0.15) is 18.3 Å². The van der Waals surface area contributed by atoms with Crippen molar-refractivity contribution in [2.24, 2.45) is 0 Å². The number of piperazine rings is 1. The van der Waals surface area contributed by atoms with Crippen molar-refractivity contribution < 1.29 is 9.47 Å². The number of halogens is 2. The largest absolute Gasteiger partial charge is 0.458 e. The van der Waals surface area contributed by atoms with Crippen LogP contribution in [0.25, 0.3) is 0 Å². The van der Waals surface area contributed by atoms with Crippen LogP contribution in [0.15, 0.2) is 55.1 Å². The molecule has 25 heavy (non-hydrogen) atoms. The van der Waals surface area contributed by atoms with E-state index in [1.54, 1.807) is 12.5 Å². The van der Waals surface area contributed by atoms with Crippen LogP contribution in [0.4, 0.5) is 5.82 Å². The second-order valence-corrected chi connectivity index (χ2v) is 5.74. The van der Waals surface area contributed by atoms with E-state index in [0.717, 1.165) is 50.0 Å². The van der Waals surface area contributed by atoms with E-state index >= 15 is 0 Å². The number of pyridine rings is 1. The van der Waals surface area contributed by atoms with Crippen molar-refractivity contribution in [3.63, 3.8) is 0 Å². The summed E-state index contributed by atoms with van der Waals surface area (Å²) in [7, 11) is 0. The SMILES string of the molecule is C1=COc2cc(CN3CCN(c4ccccn4)CC3)ccc2O1.Cl.Cl. The molecule has 3 heterocycles. The van der Waals surface area contributed by atoms with Crippen molar-refractivity contribution in [2.45, 2.75) is 6.54 Å². The molecule has 7 heteroatoms. The molecule has 0 N–H and O–H groups in total. The summed E-state index contributed by atoms with van der Waals surface area (Å²) in [5.74, 6) is 2.63. The quantitative estimate of drug-likeness (QED) is 0.813. The lowest BCUT2D eigenvalue weighted by molar-refractivity contribution is 0.249. The van der Waals surface area contributed by atoms with Crippen molar-refractivity contribution in [1.82, 2.24) is 9.88 Å². The van der Waals surface area contributed by atoms with Crippen LogP contribution < -0.4 is 14.4 Å². The lowest BCUT2D eigenvalue weighted by atomic mass is 10.1. The number of anilines is 1. The highest BCUT2D eigenvalue weighted by atomic mass is 35.5. The van der Waals surface area contributed by atoms with E-state index in [1.165, 1.54) is 5.56 Å². The van der Waals surface area contributed by atoms with E-state index in [4.69, 9.17) is 9.47 Å². The van der Waals surface area contributed by atoms with Gasteiger partial charge in [-0.1, -0.05) is 12.1 Å². The molecule has 134 valence electrons. The first-order valence-electron chi connectivity index (χ1n) is 7.88. The molecule has 0 saturated carbocycles. The lowest BCUT2D eigenvalue weighted by Crippen LogP contribution is -2.46.